The lowest BCUT2D eigenvalue weighted by Crippen LogP contribution is -2.40. The number of carbonyl (C=O) groups excluding carboxylic acids is 1. The normalized spacial score (nSPS) is 20.2. The van der Waals surface area contributed by atoms with E-state index in [2.05, 4.69) is 15.3 Å². The van der Waals surface area contributed by atoms with Crippen LogP contribution in [0.2, 0.25) is 0 Å². The van der Waals surface area contributed by atoms with Gasteiger partial charge in [-0.2, -0.15) is 0 Å². The van der Waals surface area contributed by atoms with Crippen molar-refractivity contribution in [3.63, 3.8) is 0 Å². The first-order valence-corrected chi connectivity index (χ1v) is 7.79. The zero-order valence-corrected chi connectivity index (χ0v) is 13.3. The molecule has 24 heavy (non-hydrogen) atoms. The number of aromatic nitrogens is 2. The van der Waals surface area contributed by atoms with Gasteiger partial charge in [0.1, 0.15) is 11.6 Å². The van der Waals surface area contributed by atoms with Gasteiger partial charge in [0.05, 0.1) is 24.4 Å². The van der Waals surface area contributed by atoms with Gasteiger partial charge in [-0.25, -0.2) is 19.2 Å². The van der Waals surface area contributed by atoms with Gasteiger partial charge >= 0.3 is 6.03 Å². The molecule has 1 saturated heterocycles. The molecule has 1 fully saturated rings. The van der Waals surface area contributed by atoms with E-state index in [0.717, 1.165) is 0 Å². The Bertz CT molecular complexity index is 740. The Morgan fingerprint density at radius 1 is 1.46 bits per heavy atom. The van der Waals surface area contributed by atoms with Gasteiger partial charge in [-0.15, -0.1) is 0 Å². The van der Waals surface area contributed by atoms with Gasteiger partial charge in [0, 0.05) is 12.7 Å². The third-order valence-electron chi connectivity index (χ3n) is 4.03. The maximum atomic E-state index is 13.5. The SMILES string of the molecule is Cc1nccc(CNC(=O)N2C[C@H](O)C[C@@H]2c2cccc(F)c2)n1. The second-order valence-electron chi connectivity index (χ2n) is 5.87. The summed E-state index contributed by atoms with van der Waals surface area (Å²) < 4.78 is 13.5. The van der Waals surface area contributed by atoms with Crippen molar-refractivity contribution in [2.75, 3.05) is 6.54 Å². The van der Waals surface area contributed by atoms with E-state index in [1.165, 1.54) is 17.0 Å². The first-order valence-electron chi connectivity index (χ1n) is 7.79. The highest BCUT2D eigenvalue weighted by atomic mass is 19.1. The number of aryl methyl sites for hydroxylation is 1. The zero-order chi connectivity index (χ0) is 17.1. The van der Waals surface area contributed by atoms with Crippen molar-refractivity contribution < 1.29 is 14.3 Å². The van der Waals surface area contributed by atoms with Crippen molar-refractivity contribution in [1.82, 2.24) is 20.2 Å². The first-order chi connectivity index (χ1) is 11.5. The van der Waals surface area contributed by atoms with Gasteiger partial charge in [-0.05, 0) is 37.1 Å². The molecule has 2 heterocycles. The van der Waals surface area contributed by atoms with Gasteiger partial charge in [-0.1, -0.05) is 12.1 Å². The van der Waals surface area contributed by atoms with Gasteiger partial charge in [0.15, 0.2) is 0 Å². The fraction of sp³-hybridized carbons (Fsp3) is 0.353. The monoisotopic (exact) mass is 330 g/mol. The van der Waals surface area contributed by atoms with Gasteiger partial charge < -0.3 is 15.3 Å². The molecule has 2 atom stereocenters. The predicted octanol–water partition coefficient (Wildman–Crippen LogP) is 1.94. The summed E-state index contributed by atoms with van der Waals surface area (Å²) >= 11 is 0. The van der Waals surface area contributed by atoms with Crippen LogP contribution in [0.15, 0.2) is 36.5 Å². The number of halogens is 1. The van der Waals surface area contributed by atoms with Gasteiger partial charge in [-0.3, -0.25) is 0 Å². The number of aliphatic hydroxyl groups is 1. The summed E-state index contributed by atoms with van der Waals surface area (Å²) in [6, 6.07) is 7.21. The third-order valence-corrected chi connectivity index (χ3v) is 4.03. The molecule has 0 saturated carbocycles. The van der Waals surface area contributed by atoms with Crippen LogP contribution in [0.4, 0.5) is 9.18 Å². The van der Waals surface area contributed by atoms with Crippen LogP contribution in [0.3, 0.4) is 0 Å². The Balaban J connectivity index is 1.70. The highest BCUT2D eigenvalue weighted by Crippen LogP contribution is 2.32. The quantitative estimate of drug-likeness (QED) is 0.901. The molecule has 3 rings (SSSR count). The average Bonchev–Trinajstić information content (AvgIpc) is 2.95. The Morgan fingerprint density at radius 2 is 2.29 bits per heavy atom. The molecular weight excluding hydrogens is 311 g/mol. The second-order valence-corrected chi connectivity index (χ2v) is 5.87. The van der Waals surface area contributed by atoms with Gasteiger partial charge in [0.25, 0.3) is 0 Å². The minimum atomic E-state index is -0.620. The highest BCUT2D eigenvalue weighted by Gasteiger charge is 2.35. The van der Waals surface area contributed by atoms with Crippen LogP contribution in [0.1, 0.15) is 29.5 Å². The summed E-state index contributed by atoms with van der Waals surface area (Å²) in [5.74, 6) is 0.279. The number of amides is 2. The summed E-state index contributed by atoms with van der Waals surface area (Å²) in [6.07, 6.45) is 1.41. The van der Waals surface area contributed by atoms with Crippen LogP contribution in [-0.2, 0) is 6.54 Å². The number of aliphatic hydroxyl groups excluding tert-OH is 1. The number of likely N-dealkylation sites (tertiary alicyclic amines) is 1. The molecule has 0 unspecified atom stereocenters. The number of carbonyl (C=O) groups is 1. The van der Waals surface area contributed by atoms with E-state index in [9.17, 15) is 14.3 Å². The topological polar surface area (TPSA) is 78.4 Å². The van der Waals surface area contributed by atoms with Crippen molar-refractivity contribution in [1.29, 1.82) is 0 Å². The summed E-state index contributed by atoms with van der Waals surface area (Å²) in [7, 11) is 0. The van der Waals surface area contributed by atoms with E-state index in [-0.39, 0.29) is 31.0 Å². The smallest absolute Gasteiger partial charge is 0.318 e. The first kappa shape index (κ1) is 16.3. The van der Waals surface area contributed by atoms with Crippen LogP contribution in [0, 0.1) is 12.7 Å². The van der Waals surface area contributed by atoms with E-state index in [1.807, 2.05) is 0 Å². The number of hydrogen-bond donors (Lipinski definition) is 2. The van der Waals surface area contributed by atoms with Crippen molar-refractivity contribution in [3.05, 3.63) is 59.4 Å². The van der Waals surface area contributed by atoms with E-state index >= 15 is 0 Å². The summed E-state index contributed by atoms with van der Waals surface area (Å²) in [5.41, 5.74) is 1.39. The minimum Gasteiger partial charge on any atom is -0.391 e. The number of benzene rings is 1. The maximum absolute atomic E-state index is 13.5. The fourth-order valence-corrected chi connectivity index (χ4v) is 2.94. The van der Waals surface area contributed by atoms with Crippen LogP contribution >= 0.6 is 0 Å². The van der Waals surface area contributed by atoms with Crippen molar-refractivity contribution in [3.8, 4) is 0 Å². The molecule has 2 amide bonds. The number of rotatable bonds is 3. The lowest BCUT2D eigenvalue weighted by atomic mass is 10.0. The minimum absolute atomic E-state index is 0.218. The molecule has 1 aromatic carbocycles. The molecule has 0 bridgehead atoms. The van der Waals surface area contributed by atoms with Crippen molar-refractivity contribution >= 4 is 6.03 Å². The zero-order valence-electron chi connectivity index (χ0n) is 13.3. The Hall–Kier alpha value is -2.54. The Morgan fingerprint density at radius 3 is 3.04 bits per heavy atom. The fourth-order valence-electron chi connectivity index (χ4n) is 2.94. The molecule has 1 aliphatic rings. The number of hydrogen-bond acceptors (Lipinski definition) is 4. The summed E-state index contributed by atoms with van der Waals surface area (Å²) in [5, 5.41) is 12.7. The standard InChI is InChI=1S/C17H19FN4O2/c1-11-19-6-5-14(21-11)9-20-17(24)22-10-15(23)8-16(22)12-3-2-4-13(18)7-12/h2-7,15-16,23H,8-10H2,1H3,(H,20,24)/t15-,16-/m1/s1. The van der Waals surface area contributed by atoms with Crippen LogP contribution in [0.5, 0.6) is 0 Å². The van der Waals surface area contributed by atoms with E-state index in [0.29, 0.717) is 23.5 Å². The van der Waals surface area contributed by atoms with E-state index in [4.69, 9.17) is 0 Å². The lowest BCUT2D eigenvalue weighted by Gasteiger charge is -2.25. The maximum Gasteiger partial charge on any atom is 0.318 e. The number of nitrogens with one attached hydrogen (secondary N) is 1. The summed E-state index contributed by atoms with van der Waals surface area (Å²) in [4.78, 5) is 22.3. The average molecular weight is 330 g/mol. The van der Waals surface area contributed by atoms with Crippen LogP contribution in [0.25, 0.3) is 0 Å². The van der Waals surface area contributed by atoms with Crippen molar-refractivity contribution in [2.24, 2.45) is 0 Å². The second kappa shape index (κ2) is 6.92. The molecule has 0 aliphatic carbocycles. The molecular formula is C17H19FN4O2. The molecule has 7 heteroatoms. The number of nitrogens with zero attached hydrogens (tertiary/aromatic N) is 3. The van der Waals surface area contributed by atoms with E-state index in [1.54, 1.807) is 31.3 Å². The largest absolute Gasteiger partial charge is 0.391 e. The molecule has 126 valence electrons. The molecule has 0 radical (unpaired) electrons. The third kappa shape index (κ3) is 3.68. The highest BCUT2D eigenvalue weighted by molar-refractivity contribution is 5.75. The number of β-amino-alcohol motifs (C(OH)–C–C–N with tert-alkyl or cyclic N) is 1. The molecule has 0 spiro atoms. The molecule has 2 N–H and O–H groups in total. The molecule has 2 aromatic rings. The van der Waals surface area contributed by atoms with Gasteiger partial charge in [0.2, 0.25) is 0 Å². The predicted molar refractivity (Wildman–Crippen MR) is 85.5 cm³/mol. The lowest BCUT2D eigenvalue weighted by molar-refractivity contribution is 0.169. The van der Waals surface area contributed by atoms with Crippen LogP contribution in [-0.4, -0.2) is 38.7 Å². The Kier molecular flexibility index (Phi) is 4.71. The molecule has 6 nitrogen and oxygen atoms in total. The Labute approximate surface area is 139 Å². The van der Waals surface area contributed by atoms with E-state index < -0.39 is 6.10 Å². The molecule has 1 aliphatic heterocycles. The van der Waals surface area contributed by atoms with Crippen molar-refractivity contribution in [2.45, 2.75) is 32.0 Å². The summed E-state index contributed by atoms with van der Waals surface area (Å²) in [6.45, 7) is 2.27. The van der Waals surface area contributed by atoms with Crippen LogP contribution < -0.4 is 5.32 Å². The molecule has 1 aromatic heterocycles. The number of urea groups is 1.